The first-order valence-corrected chi connectivity index (χ1v) is 6.45. The highest BCUT2D eigenvalue weighted by Crippen LogP contribution is 2.30. The third-order valence-electron chi connectivity index (χ3n) is 3.21. The van der Waals surface area contributed by atoms with Crippen LogP contribution in [0.1, 0.15) is 17.5 Å². The Kier molecular flexibility index (Phi) is 3.28. The van der Waals surface area contributed by atoms with Gasteiger partial charge in [0.25, 0.3) is 0 Å². The van der Waals surface area contributed by atoms with Crippen LogP contribution in [0, 0.1) is 17.1 Å². The van der Waals surface area contributed by atoms with Crippen LogP contribution in [0.15, 0.2) is 36.4 Å². The van der Waals surface area contributed by atoms with Gasteiger partial charge in [0, 0.05) is 18.2 Å². The van der Waals surface area contributed by atoms with Crippen LogP contribution in [-0.2, 0) is 11.2 Å². The molecule has 2 aromatic rings. The summed E-state index contributed by atoms with van der Waals surface area (Å²) in [7, 11) is 0. The number of benzene rings is 2. The minimum Gasteiger partial charge on any atom is -0.457 e. The molecule has 21 heavy (non-hydrogen) atoms. The molecule has 0 aromatic heterocycles. The molecule has 1 amide bonds. The first-order chi connectivity index (χ1) is 10.1. The zero-order valence-corrected chi connectivity index (χ0v) is 11.0. The number of nitriles is 1. The highest BCUT2D eigenvalue weighted by molar-refractivity contribution is 5.94. The Morgan fingerprint density at radius 2 is 2.00 bits per heavy atom. The molecule has 0 atom stereocenters. The van der Waals surface area contributed by atoms with Gasteiger partial charge in [0.15, 0.2) is 0 Å². The summed E-state index contributed by atoms with van der Waals surface area (Å²) in [6.45, 7) is 0. The summed E-state index contributed by atoms with van der Waals surface area (Å²) in [5.74, 6) is 0.292. The lowest BCUT2D eigenvalue weighted by Gasteiger charge is -2.17. The van der Waals surface area contributed by atoms with Crippen LogP contribution in [0.5, 0.6) is 11.5 Å². The lowest BCUT2D eigenvalue weighted by atomic mass is 10.0. The summed E-state index contributed by atoms with van der Waals surface area (Å²) in [5.41, 5.74) is 1.95. The molecule has 0 radical (unpaired) electrons. The molecule has 1 aliphatic rings. The highest BCUT2D eigenvalue weighted by atomic mass is 19.1. The van der Waals surface area contributed by atoms with Gasteiger partial charge in [-0.25, -0.2) is 4.39 Å². The Bertz CT molecular complexity index is 765. The fraction of sp³-hybridized carbons (Fsp3) is 0.125. The van der Waals surface area contributed by atoms with Crippen LogP contribution in [0.25, 0.3) is 0 Å². The van der Waals surface area contributed by atoms with Crippen LogP contribution < -0.4 is 10.1 Å². The summed E-state index contributed by atoms with van der Waals surface area (Å²) in [4.78, 5) is 11.3. The maximum atomic E-state index is 13.4. The molecule has 0 saturated heterocycles. The number of amides is 1. The van der Waals surface area contributed by atoms with E-state index in [0.717, 1.165) is 17.3 Å². The lowest BCUT2D eigenvalue weighted by molar-refractivity contribution is -0.116. The van der Waals surface area contributed by atoms with Gasteiger partial charge in [0.1, 0.15) is 17.3 Å². The molecular weight excluding hydrogens is 271 g/mol. The first-order valence-electron chi connectivity index (χ1n) is 6.45. The molecule has 0 fully saturated rings. The fourth-order valence-electron chi connectivity index (χ4n) is 2.25. The summed E-state index contributed by atoms with van der Waals surface area (Å²) in [5, 5.41) is 11.6. The Balaban J connectivity index is 1.87. The second-order valence-corrected chi connectivity index (χ2v) is 4.76. The molecule has 3 rings (SSSR count). The zero-order valence-electron chi connectivity index (χ0n) is 11.0. The number of fused-ring (bicyclic) bond motifs is 1. The minimum absolute atomic E-state index is 0.0000363. The SMILES string of the molecule is N#Cc1cc(F)cc(Oc2ccc3c(c2)CCC(=O)N3)c1. The van der Waals surface area contributed by atoms with Crippen molar-refractivity contribution < 1.29 is 13.9 Å². The highest BCUT2D eigenvalue weighted by Gasteiger charge is 2.15. The van der Waals surface area contributed by atoms with Crippen molar-refractivity contribution >= 4 is 11.6 Å². The van der Waals surface area contributed by atoms with Gasteiger partial charge >= 0.3 is 0 Å². The summed E-state index contributed by atoms with van der Waals surface area (Å²) < 4.78 is 18.9. The predicted molar refractivity (Wildman–Crippen MR) is 74.6 cm³/mol. The van der Waals surface area contributed by atoms with E-state index in [4.69, 9.17) is 10.00 Å². The fourth-order valence-corrected chi connectivity index (χ4v) is 2.25. The molecule has 4 nitrogen and oxygen atoms in total. The van der Waals surface area contributed by atoms with Crippen LogP contribution >= 0.6 is 0 Å². The Hall–Kier alpha value is -2.87. The van der Waals surface area contributed by atoms with E-state index in [9.17, 15) is 9.18 Å². The van der Waals surface area contributed by atoms with Gasteiger partial charge in [-0.15, -0.1) is 0 Å². The lowest BCUT2D eigenvalue weighted by Crippen LogP contribution is -2.18. The molecule has 1 N–H and O–H groups in total. The minimum atomic E-state index is -0.519. The van der Waals surface area contributed by atoms with E-state index < -0.39 is 5.82 Å². The first kappa shape index (κ1) is 13.1. The van der Waals surface area contributed by atoms with Crippen molar-refractivity contribution in [2.75, 3.05) is 5.32 Å². The van der Waals surface area contributed by atoms with Gasteiger partial charge in [-0.05, 0) is 42.3 Å². The smallest absolute Gasteiger partial charge is 0.224 e. The summed E-state index contributed by atoms with van der Waals surface area (Å²) in [6.07, 6.45) is 1.08. The maximum absolute atomic E-state index is 13.4. The van der Waals surface area contributed by atoms with Gasteiger partial charge in [-0.3, -0.25) is 4.79 Å². The number of hydrogen-bond acceptors (Lipinski definition) is 3. The van der Waals surface area contributed by atoms with Crippen LogP contribution in [-0.4, -0.2) is 5.91 Å². The van der Waals surface area contributed by atoms with Crippen LogP contribution in [0.2, 0.25) is 0 Å². The number of rotatable bonds is 2. The van der Waals surface area contributed by atoms with E-state index in [1.54, 1.807) is 12.1 Å². The van der Waals surface area contributed by atoms with Crippen molar-refractivity contribution in [3.8, 4) is 17.6 Å². The third-order valence-corrected chi connectivity index (χ3v) is 3.21. The molecule has 1 heterocycles. The van der Waals surface area contributed by atoms with E-state index in [-0.39, 0.29) is 17.2 Å². The van der Waals surface area contributed by atoms with Gasteiger partial charge in [0.2, 0.25) is 5.91 Å². The molecule has 5 heteroatoms. The van der Waals surface area contributed by atoms with E-state index >= 15 is 0 Å². The Morgan fingerprint density at radius 3 is 2.81 bits per heavy atom. The second kappa shape index (κ2) is 5.25. The van der Waals surface area contributed by atoms with Crippen molar-refractivity contribution in [1.29, 1.82) is 5.26 Å². The molecule has 1 aliphatic heterocycles. The quantitative estimate of drug-likeness (QED) is 0.918. The maximum Gasteiger partial charge on any atom is 0.224 e. The standard InChI is InChI=1S/C16H11FN2O2/c17-12-5-10(9-18)6-14(8-12)21-13-2-3-15-11(7-13)1-4-16(20)19-15/h2-3,5-8H,1,4H2,(H,19,20). The normalized spacial score (nSPS) is 13.0. The number of aryl methyl sites for hydroxylation is 1. The van der Waals surface area contributed by atoms with E-state index in [0.29, 0.717) is 18.6 Å². The molecule has 104 valence electrons. The van der Waals surface area contributed by atoms with Crippen molar-refractivity contribution in [3.63, 3.8) is 0 Å². The number of halogens is 1. The van der Waals surface area contributed by atoms with Crippen LogP contribution in [0.3, 0.4) is 0 Å². The summed E-state index contributed by atoms with van der Waals surface area (Å²) in [6, 6.07) is 11.0. The number of nitrogens with one attached hydrogen (secondary N) is 1. The van der Waals surface area contributed by atoms with E-state index in [1.165, 1.54) is 12.1 Å². The topological polar surface area (TPSA) is 62.1 Å². The molecule has 0 unspecified atom stereocenters. The van der Waals surface area contributed by atoms with Gasteiger partial charge in [0.05, 0.1) is 11.6 Å². The molecule has 2 aromatic carbocycles. The summed E-state index contributed by atoms with van der Waals surface area (Å²) >= 11 is 0. The number of anilines is 1. The molecule has 0 spiro atoms. The number of nitrogens with zero attached hydrogens (tertiary/aromatic N) is 1. The Morgan fingerprint density at radius 1 is 1.14 bits per heavy atom. The van der Waals surface area contributed by atoms with Gasteiger partial charge in [-0.1, -0.05) is 0 Å². The van der Waals surface area contributed by atoms with Crippen molar-refractivity contribution in [2.45, 2.75) is 12.8 Å². The molecule has 0 bridgehead atoms. The van der Waals surface area contributed by atoms with Crippen LogP contribution in [0.4, 0.5) is 10.1 Å². The predicted octanol–water partition coefficient (Wildman–Crippen LogP) is 3.37. The number of hydrogen-bond donors (Lipinski definition) is 1. The molecule has 0 saturated carbocycles. The van der Waals surface area contributed by atoms with Crippen molar-refractivity contribution in [1.82, 2.24) is 0 Å². The van der Waals surface area contributed by atoms with Gasteiger partial charge < -0.3 is 10.1 Å². The molecule has 0 aliphatic carbocycles. The second-order valence-electron chi connectivity index (χ2n) is 4.76. The number of carbonyl (C=O) groups excluding carboxylic acids is 1. The molecular formula is C16H11FN2O2. The van der Waals surface area contributed by atoms with Crippen molar-refractivity contribution in [3.05, 3.63) is 53.3 Å². The van der Waals surface area contributed by atoms with Crippen molar-refractivity contribution in [2.24, 2.45) is 0 Å². The number of ether oxygens (including phenoxy) is 1. The van der Waals surface area contributed by atoms with E-state index in [1.807, 2.05) is 12.1 Å². The number of carbonyl (C=O) groups is 1. The average molecular weight is 282 g/mol. The third kappa shape index (κ3) is 2.84. The zero-order chi connectivity index (χ0) is 14.8. The Labute approximate surface area is 120 Å². The monoisotopic (exact) mass is 282 g/mol. The largest absolute Gasteiger partial charge is 0.457 e. The van der Waals surface area contributed by atoms with Gasteiger partial charge in [-0.2, -0.15) is 5.26 Å². The van der Waals surface area contributed by atoms with E-state index in [2.05, 4.69) is 5.32 Å². The average Bonchev–Trinajstić information content (AvgIpc) is 2.47.